The summed E-state index contributed by atoms with van der Waals surface area (Å²) in [5.41, 5.74) is 12.0. The van der Waals surface area contributed by atoms with Crippen LogP contribution in [0.2, 0.25) is 10.0 Å². The summed E-state index contributed by atoms with van der Waals surface area (Å²) in [4.78, 5) is 15.2. The fourth-order valence-electron chi connectivity index (χ4n) is 2.77. The fraction of sp³-hybridized carbons (Fsp3) is 0.333. The molecular weight excluding hydrogens is 417 g/mol. The maximum absolute atomic E-state index is 11.3. The highest BCUT2D eigenvalue weighted by Crippen LogP contribution is 2.34. The molecule has 0 bridgehead atoms. The van der Waals surface area contributed by atoms with E-state index in [1.165, 1.54) is 0 Å². The lowest BCUT2D eigenvalue weighted by Gasteiger charge is -2.37. The molecule has 1 aliphatic rings. The van der Waals surface area contributed by atoms with Crippen LogP contribution in [-0.4, -0.2) is 60.9 Å². The van der Waals surface area contributed by atoms with E-state index in [0.717, 1.165) is 4.68 Å². The monoisotopic (exact) mass is 432 g/mol. The Bertz CT molecular complexity index is 932. The predicted octanol–water partition coefficient (Wildman–Crippen LogP) is -1.03. The van der Waals surface area contributed by atoms with Gasteiger partial charge >= 0.3 is 11.9 Å². The molecule has 0 spiro atoms. The number of hydrogen-bond acceptors (Lipinski definition) is 9. The van der Waals surface area contributed by atoms with Crippen molar-refractivity contribution in [3.63, 3.8) is 0 Å². The van der Waals surface area contributed by atoms with Gasteiger partial charge in [0.05, 0.1) is 10.0 Å². The zero-order valence-electron chi connectivity index (χ0n) is 14.0. The van der Waals surface area contributed by atoms with E-state index in [1.54, 1.807) is 18.2 Å². The van der Waals surface area contributed by atoms with Crippen LogP contribution in [0.15, 0.2) is 18.2 Å². The van der Waals surface area contributed by atoms with Gasteiger partial charge in [0, 0.05) is 5.56 Å². The van der Waals surface area contributed by atoms with E-state index in [2.05, 4.69) is 10.1 Å². The first kappa shape index (κ1) is 20.5. The lowest BCUT2D eigenvalue weighted by atomic mass is 9.98. The van der Waals surface area contributed by atoms with Gasteiger partial charge in [-0.15, -0.1) is 9.78 Å². The van der Waals surface area contributed by atoms with Gasteiger partial charge in [0.2, 0.25) is 12.0 Å². The zero-order valence-corrected chi connectivity index (χ0v) is 15.5. The number of rotatable bonds is 3. The van der Waals surface area contributed by atoms with Crippen LogP contribution in [0, 0.1) is 0 Å². The highest BCUT2D eigenvalue weighted by molar-refractivity contribution is 6.43. The van der Waals surface area contributed by atoms with Crippen LogP contribution in [0.4, 0.5) is 11.8 Å². The molecule has 5 atom stereocenters. The molecule has 1 fully saturated rings. The van der Waals surface area contributed by atoms with Crippen molar-refractivity contribution in [2.75, 3.05) is 11.5 Å². The molecule has 1 aromatic carbocycles. The van der Waals surface area contributed by atoms with Gasteiger partial charge < -0.3 is 30.9 Å². The van der Waals surface area contributed by atoms with Crippen molar-refractivity contribution in [2.24, 2.45) is 0 Å². The molecule has 1 aromatic heterocycles. The molecule has 1 aliphatic heterocycles. The molecule has 150 valence electrons. The van der Waals surface area contributed by atoms with Crippen molar-refractivity contribution in [3.8, 4) is 11.3 Å². The molecule has 0 unspecified atom stereocenters. The molecule has 1 saturated heterocycles. The number of carboxylic acids is 1. The third-order valence-electron chi connectivity index (χ3n) is 4.20. The summed E-state index contributed by atoms with van der Waals surface area (Å²) < 4.78 is 6.06. The normalized spacial score (nSPS) is 27.5. The van der Waals surface area contributed by atoms with Crippen LogP contribution in [-0.2, 0) is 9.53 Å². The van der Waals surface area contributed by atoms with Gasteiger partial charge in [0.1, 0.15) is 18.3 Å². The Balaban J connectivity index is 2.12. The number of hydrogen-bond donors (Lipinski definition) is 6. The first-order valence-electron chi connectivity index (χ1n) is 7.85. The summed E-state index contributed by atoms with van der Waals surface area (Å²) in [6.07, 6.45) is -8.89. The average molecular weight is 433 g/mol. The van der Waals surface area contributed by atoms with Crippen LogP contribution in [0.5, 0.6) is 0 Å². The van der Waals surface area contributed by atoms with Gasteiger partial charge in [-0.3, -0.25) is 5.73 Å². The first-order chi connectivity index (χ1) is 13.1. The maximum Gasteiger partial charge on any atom is 0.413 e. The molecule has 0 amide bonds. The van der Waals surface area contributed by atoms with Crippen molar-refractivity contribution < 1.29 is 34.6 Å². The van der Waals surface area contributed by atoms with Crippen molar-refractivity contribution >= 4 is 40.9 Å². The number of ether oxygens (including phenoxy) is 1. The first-order valence-corrected chi connectivity index (χ1v) is 8.60. The number of carbonyl (C=O) groups is 1. The van der Waals surface area contributed by atoms with Gasteiger partial charge in [-0.1, -0.05) is 35.3 Å². The Morgan fingerprint density at radius 2 is 1.82 bits per heavy atom. The average Bonchev–Trinajstić information content (AvgIpc) is 2.63. The van der Waals surface area contributed by atoms with Crippen molar-refractivity contribution in [2.45, 2.75) is 30.6 Å². The third-order valence-corrected chi connectivity index (χ3v) is 5.02. The molecule has 8 N–H and O–H groups in total. The van der Waals surface area contributed by atoms with E-state index in [-0.39, 0.29) is 27.5 Å². The third kappa shape index (κ3) is 3.43. The number of aliphatic hydroxyl groups excluding tert-OH is 3. The molecule has 0 aliphatic carbocycles. The zero-order chi connectivity index (χ0) is 20.7. The minimum Gasteiger partial charge on any atom is -0.479 e. The second-order valence-corrected chi connectivity index (χ2v) is 6.79. The summed E-state index contributed by atoms with van der Waals surface area (Å²) in [6.45, 7) is 0. The number of aliphatic hydroxyl groups is 3. The Hall–Kier alpha value is -2.28. The van der Waals surface area contributed by atoms with Crippen LogP contribution < -0.4 is 16.1 Å². The smallest absolute Gasteiger partial charge is 0.413 e. The molecule has 13 heteroatoms. The predicted molar refractivity (Wildman–Crippen MR) is 96.1 cm³/mol. The number of halogens is 2. The summed E-state index contributed by atoms with van der Waals surface area (Å²) in [5, 5.41) is 43.8. The van der Waals surface area contributed by atoms with Gasteiger partial charge in [0.15, 0.2) is 11.8 Å². The van der Waals surface area contributed by atoms with Crippen molar-refractivity contribution in [1.82, 2.24) is 10.1 Å². The number of nitrogens with zero attached hydrogens (tertiary/aromatic N) is 3. The maximum atomic E-state index is 11.3. The largest absolute Gasteiger partial charge is 0.479 e. The van der Waals surface area contributed by atoms with Gasteiger partial charge in [-0.05, 0) is 11.1 Å². The topological polar surface area (TPSA) is 189 Å². The summed E-state index contributed by atoms with van der Waals surface area (Å²) >= 11 is 12.2. The van der Waals surface area contributed by atoms with Crippen molar-refractivity contribution in [1.29, 1.82) is 0 Å². The molecule has 2 aromatic rings. The number of carboxylic acid groups (broad SMARTS) is 1. The van der Waals surface area contributed by atoms with Crippen molar-refractivity contribution in [3.05, 3.63) is 28.2 Å². The molecule has 0 radical (unpaired) electrons. The number of nitrogen functional groups attached to an aromatic ring is 2. The van der Waals surface area contributed by atoms with Crippen LogP contribution in [0.25, 0.3) is 11.3 Å². The Labute approximate surface area is 167 Å². The number of aromatic nitrogens is 3. The number of benzene rings is 1. The van der Waals surface area contributed by atoms with Crippen LogP contribution in [0.1, 0.15) is 6.23 Å². The highest BCUT2D eigenvalue weighted by atomic mass is 35.5. The highest BCUT2D eigenvalue weighted by Gasteiger charge is 2.50. The number of nitrogens with two attached hydrogens (primary N) is 2. The quantitative estimate of drug-likeness (QED) is 0.327. The molecule has 28 heavy (non-hydrogen) atoms. The molecular formula is C15H16Cl2N5O6+. The summed E-state index contributed by atoms with van der Waals surface area (Å²) in [7, 11) is 0. The van der Waals surface area contributed by atoms with E-state index in [4.69, 9.17) is 39.4 Å². The molecule has 2 heterocycles. The summed E-state index contributed by atoms with van der Waals surface area (Å²) in [5.74, 6) is -2.00. The van der Waals surface area contributed by atoms with Gasteiger partial charge in [-0.25, -0.2) is 4.79 Å². The van der Waals surface area contributed by atoms with Gasteiger partial charge in [-0.2, -0.15) is 0 Å². The molecule has 0 saturated carbocycles. The van der Waals surface area contributed by atoms with E-state index in [9.17, 15) is 25.2 Å². The second kappa shape index (κ2) is 7.62. The SMILES string of the molecule is Nc1nc(N)[n+]([C@@H]2O[C@H](C(=O)O)[C@@H](O)[C@@H](O)[C@H]2O)nc1-c1cccc(Cl)c1Cl. The lowest BCUT2D eigenvalue weighted by molar-refractivity contribution is -0.813. The second-order valence-electron chi connectivity index (χ2n) is 6.01. The van der Waals surface area contributed by atoms with Gasteiger partial charge in [0.25, 0.3) is 0 Å². The Morgan fingerprint density at radius 1 is 1.14 bits per heavy atom. The van der Waals surface area contributed by atoms with E-state index >= 15 is 0 Å². The van der Waals surface area contributed by atoms with Crippen LogP contribution in [0.3, 0.4) is 0 Å². The molecule has 11 nitrogen and oxygen atoms in total. The van der Waals surface area contributed by atoms with Crippen LogP contribution >= 0.6 is 23.2 Å². The van der Waals surface area contributed by atoms with E-state index in [1.807, 2.05) is 0 Å². The van der Waals surface area contributed by atoms with E-state index in [0.29, 0.717) is 5.56 Å². The summed E-state index contributed by atoms with van der Waals surface area (Å²) in [6, 6.07) is 4.70. The minimum absolute atomic E-state index is 0.0324. The number of anilines is 2. The van der Waals surface area contributed by atoms with E-state index < -0.39 is 36.6 Å². The lowest BCUT2D eigenvalue weighted by Crippen LogP contribution is -2.65. The fourth-order valence-corrected chi connectivity index (χ4v) is 3.16. The molecule has 3 rings (SSSR count). The standard InChI is InChI=1S/C15H15Cl2N5O6/c16-5-3-1-2-4(6(5)17)7-12(18)20-15(19)22(21-7)13-10(25)8(23)9(24)11(28-13)14(26)27/h1-3,8-11,13,23-25H,(H4,18,19,20,26,27)/p+1/t8-,9+,10-,11+,13-/m1/s1. The Kier molecular flexibility index (Phi) is 5.57. The number of aliphatic carboxylic acids is 1. The Morgan fingerprint density at radius 3 is 2.46 bits per heavy atom. The minimum atomic E-state index is -1.87.